The summed E-state index contributed by atoms with van der Waals surface area (Å²) in [7, 11) is -3.17. The number of sulfone groups is 1. The predicted octanol–water partition coefficient (Wildman–Crippen LogP) is -0.828. The molecule has 3 rings (SSSR count). The lowest BCUT2D eigenvalue weighted by Crippen LogP contribution is -2.50. The van der Waals surface area contributed by atoms with Gasteiger partial charge in [0.1, 0.15) is 5.69 Å². The van der Waals surface area contributed by atoms with Crippen LogP contribution in [0.2, 0.25) is 0 Å². The van der Waals surface area contributed by atoms with Gasteiger partial charge in [-0.3, -0.25) is 19.5 Å². The Hall–Kier alpha value is -2.00. The SMILES string of the molecule is NC(=O)c1ccc(C(=O)N[C@H]2CS(=O)(=O)C[C@@H]2N2CCCC2)nc1. The molecular weight excluding hydrogens is 332 g/mol. The Bertz CT molecular complexity index is 741. The molecule has 0 aromatic carbocycles. The van der Waals surface area contributed by atoms with E-state index in [0.29, 0.717) is 0 Å². The molecule has 2 aliphatic heterocycles. The van der Waals surface area contributed by atoms with Crippen molar-refractivity contribution in [1.82, 2.24) is 15.2 Å². The van der Waals surface area contributed by atoms with Crippen LogP contribution in [0.15, 0.2) is 18.3 Å². The standard InChI is InChI=1S/C15H20N4O4S/c16-14(20)10-3-4-11(17-7-10)15(21)18-12-8-24(22,23)9-13(12)19-5-1-2-6-19/h3-4,7,12-13H,1-2,5-6,8-9H2,(H2,16,20)(H,18,21)/t12-,13-/m0/s1. The summed E-state index contributed by atoms with van der Waals surface area (Å²) in [4.78, 5) is 29.4. The topological polar surface area (TPSA) is 122 Å². The van der Waals surface area contributed by atoms with E-state index in [4.69, 9.17) is 5.73 Å². The van der Waals surface area contributed by atoms with Crippen molar-refractivity contribution in [2.45, 2.75) is 24.9 Å². The molecule has 130 valence electrons. The first-order valence-electron chi connectivity index (χ1n) is 7.87. The number of likely N-dealkylation sites (tertiary alicyclic amines) is 1. The number of primary amides is 1. The molecule has 0 radical (unpaired) electrons. The Morgan fingerprint density at radius 1 is 1.21 bits per heavy atom. The van der Waals surface area contributed by atoms with Gasteiger partial charge in [-0.2, -0.15) is 0 Å². The first kappa shape index (κ1) is 16.8. The highest BCUT2D eigenvalue weighted by molar-refractivity contribution is 7.91. The molecule has 2 aliphatic rings. The molecular formula is C15H20N4O4S. The van der Waals surface area contributed by atoms with Crippen LogP contribution in [0, 0.1) is 0 Å². The highest BCUT2D eigenvalue weighted by Crippen LogP contribution is 2.22. The summed E-state index contributed by atoms with van der Waals surface area (Å²) in [6.45, 7) is 1.72. The largest absolute Gasteiger partial charge is 0.366 e. The van der Waals surface area contributed by atoms with Gasteiger partial charge in [0, 0.05) is 12.2 Å². The first-order chi connectivity index (χ1) is 11.4. The van der Waals surface area contributed by atoms with Crippen LogP contribution >= 0.6 is 0 Å². The molecule has 0 bridgehead atoms. The summed E-state index contributed by atoms with van der Waals surface area (Å²) in [5.41, 5.74) is 5.48. The van der Waals surface area contributed by atoms with Gasteiger partial charge >= 0.3 is 0 Å². The van der Waals surface area contributed by atoms with Crippen LogP contribution < -0.4 is 11.1 Å². The van der Waals surface area contributed by atoms with E-state index in [1.165, 1.54) is 18.3 Å². The molecule has 3 N–H and O–H groups in total. The maximum atomic E-state index is 12.4. The smallest absolute Gasteiger partial charge is 0.270 e. The fourth-order valence-electron chi connectivity index (χ4n) is 3.32. The van der Waals surface area contributed by atoms with E-state index in [-0.39, 0.29) is 28.8 Å². The van der Waals surface area contributed by atoms with Crippen molar-refractivity contribution >= 4 is 21.7 Å². The summed E-state index contributed by atoms with van der Waals surface area (Å²) < 4.78 is 24.0. The molecule has 8 nitrogen and oxygen atoms in total. The van der Waals surface area contributed by atoms with Gasteiger partial charge in [-0.15, -0.1) is 0 Å². The highest BCUT2D eigenvalue weighted by atomic mass is 32.2. The predicted molar refractivity (Wildman–Crippen MR) is 87.3 cm³/mol. The average Bonchev–Trinajstić information content (AvgIpc) is 3.14. The second-order valence-corrected chi connectivity index (χ2v) is 8.42. The highest BCUT2D eigenvalue weighted by Gasteiger charge is 2.42. The van der Waals surface area contributed by atoms with E-state index in [0.717, 1.165) is 25.9 Å². The van der Waals surface area contributed by atoms with Gasteiger partial charge in [0.15, 0.2) is 9.84 Å². The zero-order valence-corrected chi connectivity index (χ0v) is 14.0. The number of amides is 2. The third-order valence-electron chi connectivity index (χ3n) is 4.53. The molecule has 9 heteroatoms. The van der Waals surface area contributed by atoms with E-state index in [1.807, 2.05) is 0 Å². The third-order valence-corrected chi connectivity index (χ3v) is 6.25. The number of hydrogen-bond acceptors (Lipinski definition) is 6. The Kier molecular flexibility index (Phi) is 4.55. The van der Waals surface area contributed by atoms with E-state index < -0.39 is 27.7 Å². The first-order valence-corrected chi connectivity index (χ1v) is 9.69. The van der Waals surface area contributed by atoms with Crippen molar-refractivity contribution in [2.75, 3.05) is 24.6 Å². The molecule has 1 aromatic heterocycles. The molecule has 0 saturated carbocycles. The van der Waals surface area contributed by atoms with Crippen LogP contribution in [0.5, 0.6) is 0 Å². The fraction of sp³-hybridized carbons (Fsp3) is 0.533. The molecule has 2 fully saturated rings. The van der Waals surface area contributed by atoms with Gasteiger partial charge in [0.05, 0.1) is 23.1 Å². The number of carbonyl (C=O) groups excluding carboxylic acids is 2. The monoisotopic (exact) mass is 352 g/mol. The minimum absolute atomic E-state index is 0.0563. The molecule has 1 aromatic rings. The minimum Gasteiger partial charge on any atom is -0.366 e. The maximum Gasteiger partial charge on any atom is 0.270 e. The zero-order chi connectivity index (χ0) is 17.3. The van der Waals surface area contributed by atoms with Crippen molar-refractivity contribution in [2.24, 2.45) is 5.73 Å². The lowest BCUT2D eigenvalue weighted by molar-refractivity contribution is 0.0911. The number of aromatic nitrogens is 1. The quantitative estimate of drug-likeness (QED) is 0.729. The number of pyridine rings is 1. The minimum atomic E-state index is -3.17. The second-order valence-electron chi connectivity index (χ2n) is 6.26. The van der Waals surface area contributed by atoms with Crippen molar-refractivity contribution in [3.8, 4) is 0 Å². The Morgan fingerprint density at radius 2 is 1.92 bits per heavy atom. The molecule has 0 aliphatic carbocycles. The van der Waals surface area contributed by atoms with Crippen molar-refractivity contribution in [3.05, 3.63) is 29.6 Å². The summed E-state index contributed by atoms with van der Waals surface area (Å²) in [5.74, 6) is -1.05. The molecule has 3 heterocycles. The number of nitrogens with two attached hydrogens (primary N) is 1. The van der Waals surface area contributed by atoms with Crippen molar-refractivity contribution in [1.29, 1.82) is 0 Å². The molecule has 24 heavy (non-hydrogen) atoms. The van der Waals surface area contributed by atoms with Gasteiger partial charge < -0.3 is 11.1 Å². The molecule has 2 saturated heterocycles. The van der Waals surface area contributed by atoms with E-state index in [1.54, 1.807) is 0 Å². The fourth-order valence-corrected chi connectivity index (χ4v) is 5.27. The zero-order valence-electron chi connectivity index (χ0n) is 13.1. The van der Waals surface area contributed by atoms with Crippen LogP contribution in [-0.4, -0.2) is 66.8 Å². The average molecular weight is 352 g/mol. The summed E-state index contributed by atoms with van der Waals surface area (Å²) in [6, 6.07) is 2.20. The summed E-state index contributed by atoms with van der Waals surface area (Å²) >= 11 is 0. The Labute approximate surface area is 140 Å². The normalized spacial score (nSPS) is 26.3. The molecule has 2 amide bonds. The summed E-state index contributed by atoms with van der Waals surface area (Å²) in [6.07, 6.45) is 3.33. The van der Waals surface area contributed by atoms with Crippen molar-refractivity contribution < 1.29 is 18.0 Å². The number of nitrogens with zero attached hydrogens (tertiary/aromatic N) is 2. The number of nitrogens with one attached hydrogen (secondary N) is 1. The van der Waals surface area contributed by atoms with Gasteiger partial charge in [-0.05, 0) is 38.1 Å². The third kappa shape index (κ3) is 3.57. The van der Waals surface area contributed by atoms with Gasteiger partial charge in [0.25, 0.3) is 5.91 Å². The lowest BCUT2D eigenvalue weighted by atomic mass is 10.1. The number of hydrogen-bond donors (Lipinski definition) is 2. The van der Waals surface area contributed by atoms with Crippen LogP contribution in [-0.2, 0) is 9.84 Å². The number of carbonyl (C=O) groups is 2. The van der Waals surface area contributed by atoms with Gasteiger partial charge in [-0.25, -0.2) is 8.42 Å². The Balaban J connectivity index is 1.72. The number of rotatable bonds is 4. The Morgan fingerprint density at radius 3 is 2.50 bits per heavy atom. The second kappa shape index (κ2) is 6.48. The van der Waals surface area contributed by atoms with Crippen LogP contribution in [0.1, 0.15) is 33.7 Å². The molecule has 0 spiro atoms. The van der Waals surface area contributed by atoms with Gasteiger partial charge in [0.2, 0.25) is 5.91 Å². The van der Waals surface area contributed by atoms with Crippen LogP contribution in [0.4, 0.5) is 0 Å². The summed E-state index contributed by atoms with van der Waals surface area (Å²) in [5, 5.41) is 2.79. The van der Waals surface area contributed by atoms with E-state index in [2.05, 4.69) is 15.2 Å². The van der Waals surface area contributed by atoms with E-state index in [9.17, 15) is 18.0 Å². The van der Waals surface area contributed by atoms with Crippen LogP contribution in [0.3, 0.4) is 0 Å². The lowest BCUT2D eigenvalue weighted by Gasteiger charge is -2.28. The van der Waals surface area contributed by atoms with E-state index >= 15 is 0 Å². The van der Waals surface area contributed by atoms with Crippen LogP contribution in [0.25, 0.3) is 0 Å². The van der Waals surface area contributed by atoms with Gasteiger partial charge in [-0.1, -0.05) is 0 Å². The maximum absolute atomic E-state index is 12.4. The molecule has 2 atom stereocenters. The van der Waals surface area contributed by atoms with Crippen molar-refractivity contribution in [3.63, 3.8) is 0 Å². The molecule has 0 unspecified atom stereocenters.